The standard InChI is InChI=1S/C93H180N4O15P2/c1-7-13-19-25-31-37-41-43-47-51-55-61-67-73-87(111-91(100)77-71-65-59-49-35-29-23-17-11-5)85(96-89(98)75-69-63-57-53-45-39-33-27-21-15-9-3)83-109-113(103,104)107-81-79-94-93(102)95-80-82-108-114(105,106)110-84-86(97-90(99)76-70-64-58-54-46-40-34-28-22-16-10-4)88(112-92(101)78-72-66-60-50-36-30-24-18-12-6)74-68-62-56-52-48-44-42-38-32-26-20-14-8-2/h67-68,73-74,85-88H,7-66,69-72,75-84H2,1-6H3,(H,96,98)(H,97,99)(H,103,104)(H,105,106)(H2,94,95,102)/b73-67+,74-68+. The molecule has 0 bridgehead atoms. The molecule has 114 heavy (non-hydrogen) atoms. The second kappa shape index (κ2) is 84.9. The summed E-state index contributed by atoms with van der Waals surface area (Å²) >= 11 is 0. The Morgan fingerprint density at radius 3 is 0.737 bits per heavy atom. The van der Waals surface area contributed by atoms with Gasteiger partial charge < -0.3 is 40.5 Å². The Bertz CT molecular complexity index is 2180. The van der Waals surface area contributed by atoms with Crippen molar-refractivity contribution in [2.24, 2.45) is 0 Å². The number of nitrogens with one attached hydrogen (secondary N) is 4. The first-order valence-electron chi connectivity index (χ1n) is 48.1. The van der Waals surface area contributed by atoms with Gasteiger partial charge >= 0.3 is 33.6 Å². The van der Waals surface area contributed by atoms with Crippen LogP contribution in [0.1, 0.15) is 478 Å². The molecule has 6 atom stereocenters. The van der Waals surface area contributed by atoms with E-state index in [0.717, 1.165) is 128 Å². The van der Waals surface area contributed by atoms with Gasteiger partial charge in [0.25, 0.3) is 0 Å². The number of ether oxygens (including phenoxy) is 2. The summed E-state index contributed by atoms with van der Waals surface area (Å²) in [6.07, 6.45) is 79.0. The van der Waals surface area contributed by atoms with E-state index in [2.05, 4.69) is 62.8 Å². The van der Waals surface area contributed by atoms with Crippen LogP contribution in [-0.2, 0) is 55.9 Å². The lowest BCUT2D eigenvalue weighted by atomic mass is 10.0. The monoisotopic (exact) mass is 1660 g/mol. The van der Waals surface area contributed by atoms with E-state index >= 15 is 0 Å². The zero-order valence-corrected chi connectivity index (χ0v) is 76.3. The van der Waals surface area contributed by atoms with Gasteiger partial charge in [0.05, 0.1) is 38.5 Å². The largest absolute Gasteiger partial charge is 0.472 e. The Kier molecular flexibility index (Phi) is 82.5. The van der Waals surface area contributed by atoms with Crippen LogP contribution in [0, 0.1) is 0 Å². The molecule has 0 aliphatic carbocycles. The van der Waals surface area contributed by atoms with Crippen LogP contribution in [0.2, 0.25) is 0 Å². The van der Waals surface area contributed by atoms with Crippen LogP contribution in [0.15, 0.2) is 24.3 Å². The minimum atomic E-state index is -4.83. The molecule has 4 amide bonds. The maximum atomic E-state index is 13.8. The number of urea groups is 1. The fourth-order valence-corrected chi connectivity index (χ4v) is 15.9. The minimum absolute atomic E-state index is 0.200. The number of hydrogen-bond acceptors (Lipinski definition) is 13. The van der Waals surface area contributed by atoms with E-state index in [1.54, 1.807) is 12.2 Å². The Balaban J connectivity index is 6.18. The Hall–Kier alpha value is -3.15. The van der Waals surface area contributed by atoms with Crippen LogP contribution in [0.5, 0.6) is 0 Å². The van der Waals surface area contributed by atoms with Crippen molar-refractivity contribution in [3.8, 4) is 0 Å². The number of phosphoric ester groups is 2. The number of rotatable bonds is 90. The Morgan fingerprint density at radius 1 is 0.289 bits per heavy atom. The summed E-state index contributed by atoms with van der Waals surface area (Å²) in [7, 11) is -9.65. The highest BCUT2D eigenvalue weighted by molar-refractivity contribution is 7.47. The van der Waals surface area contributed by atoms with Crippen LogP contribution in [-0.4, -0.2) is 103 Å². The molecule has 6 unspecified atom stereocenters. The summed E-state index contributed by atoms with van der Waals surface area (Å²) in [5, 5.41) is 11.1. The maximum absolute atomic E-state index is 13.8. The molecule has 0 radical (unpaired) electrons. The van der Waals surface area contributed by atoms with Gasteiger partial charge in [0.1, 0.15) is 12.2 Å². The topological polar surface area (TPSA) is 263 Å². The molecular formula is C93H180N4O15P2. The molecule has 0 fully saturated rings. The van der Waals surface area contributed by atoms with Gasteiger partial charge in [-0.2, -0.15) is 0 Å². The summed E-state index contributed by atoms with van der Waals surface area (Å²) in [4.78, 5) is 89.9. The highest BCUT2D eigenvalue weighted by Gasteiger charge is 2.32. The SMILES string of the molecule is CCCCCCCCCCCCC/C=C/C(OC(=O)CCCCCCCCCCC)C(COP(=O)(O)OCCNC(=O)NCCOP(=O)(O)OCC(NC(=O)CCCCCCCCCCCCC)C(/C=C/CCCCCCCCCCCCC)OC(=O)CCCCCCCCCCC)NC(=O)CCCCCCCCCCCCC. The summed E-state index contributed by atoms with van der Waals surface area (Å²) < 4.78 is 61.2. The zero-order valence-electron chi connectivity index (χ0n) is 74.5. The summed E-state index contributed by atoms with van der Waals surface area (Å²) in [5.74, 6) is -1.40. The van der Waals surface area contributed by atoms with Gasteiger partial charge in [0.2, 0.25) is 11.8 Å². The van der Waals surface area contributed by atoms with E-state index in [-0.39, 0.29) is 50.6 Å². The van der Waals surface area contributed by atoms with Crippen LogP contribution in [0.3, 0.4) is 0 Å². The number of amides is 4. The number of allylic oxidation sites excluding steroid dienone is 2. The molecule has 0 aromatic rings. The van der Waals surface area contributed by atoms with Gasteiger partial charge in [-0.25, -0.2) is 13.9 Å². The fraction of sp³-hybridized carbons (Fsp3) is 0.903. The van der Waals surface area contributed by atoms with E-state index in [4.69, 9.17) is 27.6 Å². The fourth-order valence-electron chi connectivity index (χ4n) is 14.4. The van der Waals surface area contributed by atoms with Crippen molar-refractivity contribution in [2.45, 2.75) is 502 Å². The molecule has 0 aromatic carbocycles. The first-order chi connectivity index (χ1) is 55.6. The molecule has 672 valence electrons. The average Bonchev–Trinajstić information content (AvgIpc) is 0.878. The predicted molar refractivity (Wildman–Crippen MR) is 475 cm³/mol. The van der Waals surface area contributed by atoms with Gasteiger partial charge in [-0.05, 0) is 63.5 Å². The van der Waals surface area contributed by atoms with Gasteiger partial charge in [-0.3, -0.25) is 37.3 Å². The smallest absolute Gasteiger partial charge is 0.456 e. The van der Waals surface area contributed by atoms with Crippen molar-refractivity contribution >= 4 is 45.4 Å². The van der Waals surface area contributed by atoms with Crippen LogP contribution < -0.4 is 21.3 Å². The third-order valence-corrected chi connectivity index (χ3v) is 23.7. The number of esters is 2. The second-order valence-corrected chi connectivity index (χ2v) is 35.8. The molecule has 21 heteroatoms. The molecule has 0 rings (SSSR count). The quantitative estimate of drug-likeness (QED) is 0.0143. The number of hydrogen-bond donors (Lipinski definition) is 6. The summed E-state index contributed by atoms with van der Waals surface area (Å²) in [5.41, 5.74) is 0. The number of carbonyl (C=O) groups excluding carboxylic acids is 5. The third kappa shape index (κ3) is 78.7. The van der Waals surface area contributed by atoms with Gasteiger partial charge in [0, 0.05) is 38.8 Å². The number of unbranched alkanes of at least 4 members (excludes halogenated alkanes) is 58. The van der Waals surface area contributed by atoms with Crippen LogP contribution in [0.25, 0.3) is 0 Å². The Morgan fingerprint density at radius 2 is 0.500 bits per heavy atom. The molecule has 6 N–H and O–H groups in total. The van der Waals surface area contributed by atoms with Crippen molar-refractivity contribution in [3.05, 3.63) is 24.3 Å². The van der Waals surface area contributed by atoms with Crippen molar-refractivity contribution in [1.82, 2.24) is 21.3 Å². The first kappa shape index (κ1) is 111. The van der Waals surface area contributed by atoms with E-state index in [0.29, 0.717) is 25.7 Å². The molecule has 0 saturated heterocycles. The van der Waals surface area contributed by atoms with Crippen molar-refractivity contribution < 1.29 is 70.5 Å². The molecule has 0 saturated carbocycles. The summed E-state index contributed by atoms with van der Waals surface area (Å²) in [6.45, 7) is 10.9. The lowest BCUT2D eigenvalue weighted by Crippen LogP contribution is -2.47. The van der Waals surface area contributed by atoms with Crippen LogP contribution in [0.4, 0.5) is 4.79 Å². The predicted octanol–water partition coefficient (Wildman–Crippen LogP) is 27.1. The maximum Gasteiger partial charge on any atom is 0.472 e. The van der Waals surface area contributed by atoms with E-state index in [1.165, 1.54) is 257 Å². The molecular weight excluding hydrogens is 1470 g/mol. The molecule has 0 aliphatic heterocycles. The van der Waals surface area contributed by atoms with Gasteiger partial charge in [0.15, 0.2) is 0 Å². The first-order valence-corrected chi connectivity index (χ1v) is 51.1. The second-order valence-electron chi connectivity index (χ2n) is 32.9. The molecule has 0 heterocycles. The van der Waals surface area contributed by atoms with Crippen molar-refractivity contribution in [3.63, 3.8) is 0 Å². The lowest BCUT2D eigenvalue weighted by molar-refractivity contribution is -0.150. The molecule has 0 aliphatic rings. The van der Waals surface area contributed by atoms with Gasteiger partial charge in [-0.1, -0.05) is 413 Å². The molecule has 0 spiro atoms. The molecule has 19 nitrogen and oxygen atoms in total. The van der Waals surface area contributed by atoms with E-state index < -0.39 is 84.3 Å². The number of phosphoric acid groups is 2. The summed E-state index contributed by atoms with van der Waals surface area (Å²) in [6, 6.07) is -2.77. The normalized spacial score (nSPS) is 13.9. The highest BCUT2D eigenvalue weighted by atomic mass is 31.2. The highest BCUT2D eigenvalue weighted by Crippen LogP contribution is 2.44. The lowest BCUT2D eigenvalue weighted by Gasteiger charge is -2.27. The van der Waals surface area contributed by atoms with Crippen molar-refractivity contribution in [1.29, 1.82) is 0 Å². The third-order valence-electron chi connectivity index (χ3n) is 21.7. The van der Waals surface area contributed by atoms with Crippen LogP contribution >= 0.6 is 15.6 Å². The average molecular weight is 1660 g/mol. The van der Waals surface area contributed by atoms with Crippen molar-refractivity contribution in [2.75, 3.05) is 39.5 Å². The Labute approximate surface area is 699 Å². The van der Waals surface area contributed by atoms with Gasteiger partial charge in [-0.15, -0.1) is 0 Å². The van der Waals surface area contributed by atoms with E-state index in [1.807, 2.05) is 12.2 Å². The molecule has 0 aromatic heterocycles. The minimum Gasteiger partial charge on any atom is -0.456 e. The van der Waals surface area contributed by atoms with E-state index in [9.17, 15) is 42.9 Å². The zero-order chi connectivity index (χ0) is 83.4. The number of carbonyl (C=O) groups is 5.